The van der Waals surface area contributed by atoms with Gasteiger partial charge < -0.3 is 9.84 Å². The third-order valence-corrected chi connectivity index (χ3v) is 6.20. The van der Waals surface area contributed by atoms with E-state index in [9.17, 15) is 5.11 Å². The van der Waals surface area contributed by atoms with Gasteiger partial charge in [0.25, 0.3) is 0 Å². The number of hydrogen-bond donors (Lipinski definition) is 1. The zero-order valence-electron chi connectivity index (χ0n) is 13.4. The van der Waals surface area contributed by atoms with Gasteiger partial charge in [-0.05, 0) is 52.8 Å². The standard InChI is InChI=1S/C19H21ClO2S2/c20-14-6-3-13(4-7-14)5-8-16-17(18(21)10-19(16)23)12-22-11-15-2-1-9-24-15/h1-4,6-7,9,16-18,21H,5,8,10-12H2/t16-,17-,18?/m1/s1. The van der Waals surface area contributed by atoms with Gasteiger partial charge in [0.2, 0.25) is 0 Å². The van der Waals surface area contributed by atoms with Crippen molar-refractivity contribution >= 4 is 40.0 Å². The molecule has 1 aromatic heterocycles. The summed E-state index contributed by atoms with van der Waals surface area (Å²) in [5, 5.41) is 13.1. The molecule has 0 radical (unpaired) electrons. The predicted molar refractivity (Wildman–Crippen MR) is 104 cm³/mol. The minimum atomic E-state index is -0.379. The Labute approximate surface area is 157 Å². The van der Waals surface area contributed by atoms with Crippen molar-refractivity contribution in [2.45, 2.75) is 32.0 Å². The molecule has 1 heterocycles. The molecule has 0 spiro atoms. The highest BCUT2D eigenvalue weighted by Gasteiger charge is 2.38. The zero-order valence-corrected chi connectivity index (χ0v) is 15.7. The fourth-order valence-electron chi connectivity index (χ4n) is 3.28. The largest absolute Gasteiger partial charge is 0.392 e. The normalized spacial score (nSPS) is 23.8. The van der Waals surface area contributed by atoms with Crippen LogP contribution in [0.5, 0.6) is 0 Å². The van der Waals surface area contributed by atoms with Crippen LogP contribution in [0.1, 0.15) is 23.3 Å². The van der Waals surface area contributed by atoms with E-state index < -0.39 is 0 Å². The summed E-state index contributed by atoms with van der Waals surface area (Å²) < 4.78 is 5.85. The van der Waals surface area contributed by atoms with Crippen LogP contribution in [0.25, 0.3) is 0 Å². The number of thiocarbonyl (C=S) groups is 1. The predicted octanol–water partition coefficient (Wildman–Crippen LogP) is 4.92. The molecule has 3 atom stereocenters. The molecule has 5 heteroatoms. The molecule has 1 aliphatic rings. The summed E-state index contributed by atoms with van der Waals surface area (Å²) in [6.07, 6.45) is 2.13. The molecule has 24 heavy (non-hydrogen) atoms. The van der Waals surface area contributed by atoms with Crippen molar-refractivity contribution in [3.8, 4) is 0 Å². The second-order valence-electron chi connectivity index (χ2n) is 6.27. The maximum absolute atomic E-state index is 10.3. The molecule has 3 rings (SSSR count). The quantitative estimate of drug-likeness (QED) is 0.691. The minimum Gasteiger partial charge on any atom is -0.392 e. The molecule has 1 fully saturated rings. The van der Waals surface area contributed by atoms with Crippen molar-refractivity contribution in [1.82, 2.24) is 0 Å². The summed E-state index contributed by atoms with van der Waals surface area (Å²) in [5.41, 5.74) is 1.25. The van der Waals surface area contributed by atoms with Crippen LogP contribution in [0.3, 0.4) is 0 Å². The van der Waals surface area contributed by atoms with Gasteiger partial charge in [-0.3, -0.25) is 0 Å². The number of benzene rings is 1. The molecule has 1 unspecified atom stereocenters. The number of thiophene rings is 1. The molecule has 1 saturated carbocycles. The maximum Gasteiger partial charge on any atom is 0.0809 e. The number of aliphatic hydroxyl groups excluding tert-OH is 1. The lowest BCUT2D eigenvalue weighted by atomic mass is 9.89. The molecule has 2 nitrogen and oxygen atoms in total. The van der Waals surface area contributed by atoms with E-state index in [1.807, 2.05) is 23.6 Å². The monoisotopic (exact) mass is 380 g/mol. The third kappa shape index (κ3) is 4.64. The van der Waals surface area contributed by atoms with Crippen LogP contribution in [-0.4, -0.2) is 22.7 Å². The number of hydrogen-bond acceptors (Lipinski definition) is 4. The Hall–Kier alpha value is -0.780. The Morgan fingerprint density at radius 3 is 2.75 bits per heavy atom. The molecular formula is C19H21ClO2S2. The Bertz CT molecular complexity index is 655. The van der Waals surface area contributed by atoms with E-state index in [2.05, 4.69) is 18.2 Å². The van der Waals surface area contributed by atoms with Gasteiger partial charge in [-0.2, -0.15) is 0 Å². The van der Waals surface area contributed by atoms with Crippen LogP contribution in [-0.2, 0) is 17.8 Å². The molecule has 0 saturated heterocycles. The minimum absolute atomic E-state index is 0.102. The summed E-state index contributed by atoms with van der Waals surface area (Å²) in [6.45, 7) is 1.17. The summed E-state index contributed by atoms with van der Waals surface area (Å²) in [7, 11) is 0. The van der Waals surface area contributed by atoms with E-state index in [-0.39, 0.29) is 17.9 Å². The highest BCUT2D eigenvalue weighted by molar-refractivity contribution is 7.80. The van der Waals surface area contributed by atoms with E-state index in [0.717, 1.165) is 22.7 Å². The highest BCUT2D eigenvalue weighted by atomic mass is 35.5. The first-order valence-corrected chi connectivity index (χ1v) is 9.85. The van der Waals surface area contributed by atoms with Gasteiger partial charge >= 0.3 is 0 Å². The Morgan fingerprint density at radius 1 is 1.25 bits per heavy atom. The average molecular weight is 381 g/mol. The lowest BCUT2D eigenvalue weighted by Gasteiger charge is -2.22. The van der Waals surface area contributed by atoms with Crippen LogP contribution >= 0.6 is 35.2 Å². The first-order chi connectivity index (χ1) is 11.6. The zero-order chi connectivity index (χ0) is 16.9. The van der Waals surface area contributed by atoms with Crippen LogP contribution in [0.2, 0.25) is 5.02 Å². The van der Waals surface area contributed by atoms with Crippen LogP contribution in [0.4, 0.5) is 0 Å². The topological polar surface area (TPSA) is 29.5 Å². The van der Waals surface area contributed by atoms with E-state index in [0.29, 0.717) is 19.6 Å². The highest BCUT2D eigenvalue weighted by Crippen LogP contribution is 2.34. The molecule has 0 aliphatic heterocycles. The van der Waals surface area contributed by atoms with Gasteiger partial charge in [0.1, 0.15) is 0 Å². The molecule has 0 amide bonds. The van der Waals surface area contributed by atoms with E-state index in [4.69, 9.17) is 28.6 Å². The molecule has 1 aromatic carbocycles. The average Bonchev–Trinajstić information content (AvgIpc) is 3.16. The van der Waals surface area contributed by atoms with Crippen molar-refractivity contribution in [3.63, 3.8) is 0 Å². The SMILES string of the molecule is OC1CC(=S)[C@H](CCc2ccc(Cl)cc2)[C@H]1COCc1cccs1. The number of aliphatic hydroxyl groups is 1. The maximum atomic E-state index is 10.3. The lowest BCUT2D eigenvalue weighted by Crippen LogP contribution is -2.25. The Balaban J connectivity index is 1.54. The fraction of sp³-hybridized carbons (Fsp3) is 0.421. The van der Waals surface area contributed by atoms with Gasteiger partial charge in [0.15, 0.2) is 0 Å². The summed E-state index contributed by atoms with van der Waals surface area (Å²) >= 11 is 13.2. The fourth-order valence-corrected chi connectivity index (χ4v) is 4.51. The molecule has 1 aliphatic carbocycles. The van der Waals surface area contributed by atoms with Crippen molar-refractivity contribution in [2.24, 2.45) is 11.8 Å². The second-order valence-corrected chi connectivity index (χ2v) is 8.26. The molecular weight excluding hydrogens is 360 g/mol. The van der Waals surface area contributed by atoms with Gasteiger partial charge in [0, 0.05) is 22.2 Å². The number of halogens is 1. The lowest BCUT2D eigenvalue weighted by molar-refractivity contribution is 0.0223. The smallest absolute Gasteiger partial charge is 0.0809 e. The Kier molecular flexibility index (Phi) is 6.42. The van der Waals surface area contributed by atoms with Crippen LogP contribution in [0.15, 0.2) is 41.8 Å². The van der Waals surface area contributed by atoms with Gasteiger partial charge in [0.05, 0.1) is 19.3 Å². The summed E-state index contributed by atoms with van der Waals surface area (Å²) in [6, 6.07) is 12.0. The molecule has 2 aromatic rings. The van der Waals surface area contributed by atoms with Crippen molar-refractivity contribution in [1.29, 1.82) is 0 Å². The second kappa shape index (κ2) is 8.54. The van der Waals surface area contributed by atoms with Crippen LogP contribution in [0, 0.1) is 11.8 Å². The first-order valence-electron chi connectivity index (χ1n) is 8.19. The summed E-state index contributed by atoms with van der Waals surface area (Å²) in [4.78, 5) is 2.20. The number of rotatable bonds is 7. The molecule has 128 valence electrons. The van der Waals surface area contributed by atoms with Crippen LogP contribution < -0.4 is 0 Å². The number of ether oxygens (including phenoxy) is 1. The van der Waals surface area contributed by atoms with E-state index in [1.165, 1.54) is 10.4 Å². The van der Waals surface area contributed by atoms with Gasteiger partial charge in [-0.1, -0.05) is 42.0 Å². The van der Waals surface area contributed by atoms with Crippen molar-refractivity contribution in [3.05, 3.63) is 57.2 Å². The first kappa shape index (κ1) is 18.0. The third-order valence-electron chi connectivity index (χ3n) is 4.63. The number of aryl methyl sites for hydroxylation is 1. The molecule has 0 bridgehead atoms. The van der Waals surface area contributed by atoms with Crippen molar-refractivity contribution < 1.29 is 9.84 Å². The van der Waals surface area contributed by atoms with E-state index in [1.54, 1.807) is 11.3 Å². The Morgan fingerprint density at radius 2 is 2.04 bits per heavy atom. The van der Waals surface area contributed by atoms with E-state index >= 15 is 0 Å². The summed E-state index contributed by atoms with van der Waals surface area (Å²) in [5.74, 6) is 0.346. The van der Waals surface area contributed by atoms with Gasteiger partial charge in [-0.15, -0.1) is 11.3 Å². The van der Waals surface area contributed by atoms with Gasteiger partial charge in [-0.25, -0.2) is 0 Å². The molecule has 1 N–H and O–H groups in total. The van der Waals surface area contributed by atoms with Crippen molar-refractivity contribution in [2.75, 3.05) is 6.61 Å².